The van der Waals surface area contributed by atoms with Gasteiger partial charge in [0.25, 0.3) is 5.91 Å². The third-order valence-electron chi connectivity index (χ3n) is 3.85. The Labute approximate surface area is 137 Å². The lowest BCUT2D eigenvalue weighted by molar-refractivity contribution is 0.0731. The highest BCUT2D eigenvalue weighted by molar-refractivity contribution is 6.31. The normalized spacial score (nSPS) is 14.8. The monoisotopic (exact) mass is 336 g/mol. The molecule has 0 bridgehead atoms. The summed E-state index contributed by atoms with van der Waals surface area (Å²) in [4.78, 5) is 14.1. The van der Waals surface area contributed by atoms with Crippen LogP contribution in [-0.4, -0.2) is 37.0 Å². The maximum absolute atomic E-state index is 14.1. The summed E-state index contributed by atoms with van der Waals surface area (Å²) in [5.41, 5.74) is 1.27. The van der Waals surface area contributed by atoms with Crippen LogP contribution in [0.15, 0.2) is 36.4 Å². The number of benzene rings is 2. The van der Waals surface area contributed by atoms with E-state index in [2.05, 4.69) is 5.32 Å². The highest BCUT2D eigenvalue weighted by Gasteiger charge is 2.21. The zero-order chi connectivity index (χ0) is 16.4. The smallest absolute Gasteiger partial charge is 0.256 e. The fourth-order valence-corrected chi connectivity index (χ4v) is 2.76. The first kappa shape index (κ1) is 15.9. The Morgan fingerprint density at radius 3 is 2.26 bits per heavy atom. The van der Waals surface area contributed by atoms with Gasteiger partial charge in [-0.1, -0.05) is 23.7 Å². The summed E-state index contributed by atoms with van der Waals surface area (Å²) < 4.78 is 27.4. The molecule has 0 unspecified atom stereocenters. The summed E-state index contributed by atoms with van der Waals surface area (Å²) in [6.45, 7) is 2.48. The zero-order valence-electron chi connectivity index (χ0n) is 12.3. The molecule has 1 saturated heterocycles. The van der Waals surface area contributed by atoms with Crippen LogP contribution in [0.5, 0.6) is 0 Å². The van der Waals surface area contributed by atoms with Crippen molar-refractivity contribution in [3.8, 4) is 11.1 Å². The third kappa shape index (κ3) is 3.35. The summed E-state index contributed by atoms with van der Waals surface area (Å²) in [6.07, 6.45) is 0. The minimum absolute atomic E-state index is 0.0122. The molecule has 0 aliphatic carbocycles. The van der Waals surface area contributed by atoms with Gasteiger partial charge in [0.2, 0.25) is 0 Å². The standard InChI is InChI=1S/C17H15ClF2N2O/c18-14-10-12(2-4-16(14)20)11-1-3-15(19)13(9-11)17(23)22-7-5-21-6-8-22/h1-4,9-10,21H,5-8H2. The Bertz CT molecular complexity index is 745. The Hall–Kier alpha value is -1.98. The molecule has 1 amide bonds. The molecule has 0 spiro atoms. The van der Waals surface area contributed by atoms with Crippen molar-refractivity contribution < 1.29 is 13.6 Å². The molecule has 120 valence electrons. The fourth-order valence-electron chi connectivity index (χ4n) is 2.58. The third-order valence-corrected chi connectivity index (χ3v) is 4.14. The van der Waals surface area contributed by atoms with E-state index < -0.39 is 11.6 Å². The van der Waals surface area contributed by atoms with Crippen LogP contribution in [0.2, 0.25) is 5.02 Å². The maximum atomic E-state index is 14.1. The number of hydrogen-bond donors (Lipinski definition) is 1. The highest BCUT2D eigenvalue weighted by Crippen LogP contribution is 2.27. The molecule has 1 fully saturated rings. The molecule has 0 radical (unpaired) electrons. The summed E-state index contributed by atoms with van der Waals surface area (Å²) in [5, 5.41) is 3.13. The number of piperazine rings is 1. The van der Waals surface area contributed by atoms with Gasteiger partial charge in [0.05, 0.1) is 10.6 Å². The average Bonchev–Trinajstić information content (AvgIpc) is 2.58. The van der Waals surface area contributed by atoms with E-state index in [1.54, 1.807) is 17.0 Å². The van der Waals surface area contributed by atoms with E-state index >= 15 is 0 Å². The second kappa shape index (κ2) is 6.64. The van der Waals surface area contributed by atoms with Crippen molar-refractivity contribution in [2.75, 3.05) is 26.2 Å². The minimum atomic E-state index is -0.564. The van der Waals surface area contributed by atoms with Crippen LogP contribution >= 0.6 is 11.6 Å². The van der Waals surface area contributed by atoms with Crippen LogP contribution < -0.4 is 5.32 Å². The molecule has 2 aromatic carbocycles. The first-order valence-electron chi connectivity index (χ1n) is 7.31. The molecule has 0 atom stereocenters. The topological polar surface area (TPSA) is 32.3 Å². The van der Waals surface area contributed by atoms with E-state index in [0.29, 0.717) is 37.3 Å². The molecule has 1 heterocycles. The van der Waals surface area contributed by atoms with Crippen LogP contribution in [0.1, 0.15) is 10.4 Å². The summed E-state index contributed by atoms with van der Waals surface area (Å²) in [6, 6.07) is 8.55. The number of rotatable bonds is 2. The molecule has 0 aromatic heterocycles. The number of nitrogens with one attached hydrogen (secondary N) is 1. The molecule has 1 aliphatic rings. The predicted octanol–water partition coefficient (Wildman–Crippen LogP) is 3.33. The lowest BCUT2D eigenvalue weighted by atomic mass is 10.0. The molecule has 6 heteroatoms. The number of nitrogens with zero attached hydrogens (tertiary/aromatic N) is 1. The van der Waals surface area contributed by atoms with Crippen LogP contribution in [0.25, 0.3) is 11.1 Å². The largest absolute Gasteiger partial charge is 0.336 e. The van der Waals surface area contributed by atoms with Crippen LogP contribution in [0.3, 0.4) is 0 Å². The van der Waals surface area contributed by atoms with E-state index in [1.165, 1.54) is 24.3 Å². The Morgan fingerprint density at radius 2 is 1.61 bits per heavy atom. The Kier molecular flexibility index (Phi) is 4.59. The molecule has 1 aliphatic heterocycles. The van der Waals surface area contributed by atoms with Gasteiger partial charge in [0.1, 0.15) is 11.6 Å². The van der Waals surface area contributed by atoms with E-state index in [-0.39, 0.29) is 16.5 Å². The second-order valence-electron chi connectivity index (χ2n) is 5.37. The number of hydrogen-bond acceptors (Lipinski definition) is 2. The van der Waals surface area contributed by atoms with Crippen molar-refractivity contribution in [2.45, 2.75) is 0 Å². The van der Waals surface area contributed by atoms with Gasteiger partial charge in [-0.25, -0.2) is 8.78 Å². The molecular weight excluding hydrogens is 322 g/mol. The van der Waals surface area contributed by atoms with Gasteiger partial charge in [-0.3, -0.25) is 4.79 Å². The van der Waals surface area contributed by atoms with Crippen LogP contribution in [0.4, 0.5) is 8.78 Å². The maximum Gasteiger partial charge on any atom is 0.256 e. The van der Waals surface area contributed by atoms with Crippen LogP contribution in [0, 0.1) is 11.6 Å². The first-order chi connectivity index (χ1) is 11.1. The van der Waals surface area contributed by atoms with Gasteiger partial charge in [-0.05, 0) is 35.4 Å². The lowest BCUT2D eigenvalue weighted by Crippen LogP contribution is -2.46. The molecule has 23 heavy (non-hydrogen) atoms. The lowest BCUT2D eigenvalue weighted by Gasteiger charge is -2.27. The van der Waals surface area contributed by atoms with Gasteiger partial charge in [-0.2, -0.15) is 0 Å². The van der Waals surface area contributed by atoms with E-state index in [4.69, 9.17) is 11.6 Å². The van der Waals surface area contributed by atoms with Crippen LogP contribution in [-0.2, 0) is 0 Å². The molecule has 3 rings (SSSR count). The van der Waals surface area contributed by atoms with Gasteiger partial charge < -0.3 is 10.2 Å². The summed E-state index contributed by atoms with van der Waals surface area (Å²) >= 11 is 5.79. The number of amides is 1. The SMILES string of the molecule is O=C(c1cc(-c2ccc(F)c(Cl)c2)ccc1F)N1CCNCC1. The van der Waals surface area contributed by atoms with E-state index in [9.17, 15) is 13.6 Å². The molecule has 0 saturated carbocycles. The zero-order valence-corrected chi connectivity index (χ0v) is 13.0. The molecular formula is C17H15ClF2N2O. The quantitative estimate of drug-likeness (QED) is 0.912. The van der Waals surface area contributed by atoms with Gasteiger partial charge in [0, 0.05) is 26.2 Å². The molecule has 1 N–H and O–H groups in total. The van der Waals surface area contributed by atoms with Crippen molar-refractivity contribution in [2.24, 2.45) is 0 Å². The summed E-state index contributed by atoms with van der Waals surface area (Å²) in [7, 11) is 0. The highest BCUT2D eigenvalue weighted by atomic mass is 35.5. The van der Waals surface area contributed by atoms with Gasteiger partial charge in [-0.15, -0.1) is 0 Å². The van der Waals surface area contributed by atoms with Crippen molar-refractivity contribution in [3.63, 3.8) is 0 Å². The fraction of sp³-hybridized carbons (Fsp3) is 0.235. The van der Waals surface area contributed by atoms with Crippen molar-refractivity contribution in [1.82, 2.24) is 10.2 Å². The Balaban J connectivity index is 1.95. The summed E-state index contributed by atoms with van der Waals surface area (Å²) in [5.74, 6) is -1.42. The van der Waals surface area contributed by atoms with Crippen molar-refractivity contribution in [1.29, 1.82) is 0 Å². The number of halogens is 3. The Morgan fingerprint density at radius 1 is 1.00 bits per heavy atom. The van der Waals surface area contributed by atoms with Gasteiger partial charge in [0.15, 0.2) is 0 Å². The number of carbonyl (C=O) groups is 1. The van der Waals surface area contributed by atoms with E-state index in [1.807, 2.05) is 0 Å². The minimum Gasteiger partial charge on any atom is -0.336 e. The first-order valence-corrected chi connectivity index (χ1v) is 7.69. The van der Waals surface area contributed by atoms with Gasteiger partial charge >= 0.3 is 0 Å². The van der Waals surface area contributed by atoms with Crippen molar-refractivity contribution >= 4 is 17.5 Å². The molecule has 2 aromatic rings. The molecule has 3 nitrogen and oxygen atoms in total. The average molecular weight is 337 g/mol. The predicted molar refractivity (Wildman–Crippen MR) is 85.6 cm³/mol. The number of carbonyl (C=O) groups excluding carboxylic acids is 1. The van der Waals surface area contributed by atoms with Crippen molar-refractivity contribution in [3.05, 3.63) is 58.6 Å². The van der Waals surface area contributed by atoms with E-state index in [0.717, 1.165) is 0 Å². The second-order valence-corrected chi connectivity index (χ2v) is 5.77.